The average molecular weight is 329 g/mol. The number of furan rings is 1. The number of amides is 3. The van der Waals surface area contributed by atoms with Gasteiger partial charge < -0.3 is 14.5 Å². The normalized spacial score (nSPS) is 15.3. The van der Waals surface area contributed by atoms with Gasteiger partial charge in [-0.1, -0.05) is 0 Å². The molecule has 0 atom stereocenters. The highest BCUT2D eigenvalue weighted by molar-refractivity contribution is 6.13. The Morgan fingerprint density at radius 1 is 1.21 bits per heavy atom. The molecule has 0 aliphatic carbocycles. The lowest BCUT2D eigenvalue weighted by Crippen LogP contribution is -2.22. The minimum absolute atomic E-state index is 0.0325. The number of benzene rings is 1. The molecule has 0 bridgehead atoms. The fraction of sp³-hybridized carbons (Fsp3) is 0.0667. The molecule has 1 aromatic carbocycles. The summed E-state index contributed by atoms with van der Waals surface area (Å²) in [4.78, 5) is 33.2. The fourth-order valence-electron chi connectivity index (χ4n) is 2.20. The minimum Gasteiger partial charge on any atom is -0.497 e. The van der Waals surface area contributed by atoms with E-state index >= 15 is 0 Å². The molecule has 0 unspecified atom stereocenters. The Morgan fingerprint density at radius 3 is 2.62 bits per heavy atom. The third-order valence-electron chi connectivity index (χ3n) is 3.30. The summed E-state index contributed by atoms with van der Waals surface area (Å²) in [7, 11) is 1.41. The number of carbonyl (C=O) groups is 2. The first-order chi connectivity index (χ1) is 11.5. The van der Waals surface area contributed by atoms with E-state index in [9.17, 15) is 19.7 Å². The molecule has 122 valence electrons. The van der Waals surface area contributed by atoms with Gasteiger partial charge in [-0.05, 0) is 24.3 Å². The van der Waals surface area contributed by atoms with Crippen molar-refractivity contribution in [3.05, 3.63) is 51.9 Å². The van der Waals surface area contributed by atoms with Gasteiger partial charge in [-0.15, -0.1) is 0 Å². The van der Waals surface area contributed by atoms with Gasteiger partial charge in [0.2, 0.25) is 0 Å². The molecule has 1 fully saturated rings. The van der Waals surface area contributed by atoms with Crippen molar-refractivity contribution in [2.75, 3.05) is 7.11 Å². The first-order valence-electron chi connectivity index (χ1n) is 6.74. The molecule has 1 aromatic heterocycles. The van der Waals surface area contributed by atoms with Crippen LogP contribution in [-0.2, 0) is 4.79 Å². The molecule has 1 aliphatic rings. The predicted molar refractivity (Wildman–Crippen MR) is 82.0 cm³/mol. The number of methoxy groups -OCH3 is 1. The quantitative estimate of drug-likeness (QED) is 0.383. The lowest BCUT2D eigenvalue weighted by molar-refractivity contribution is -0.384. The number of hydrogen-bond acceptors (Lipinski definition) is 6. The number of nitrogens with one attached hydrogen (secondary N) is 2. The molecule has 0 spiro atoms. The van der Waals surface area contributed by atoms with Crippen molar-refractivity contribution in [1.29, 1.82) is 0 Å². The summed E-state index contributed by atoms with van der Waals surface area (Å²) >= 11 is 0. The van der Waals surface area contributed by atoms with Crippen LogP contribution >= 0.6 is 0 Å². The Morgan fingerprint density at radius 2 is 2.00 bits per heavy atom. The standard InChI is InChI=1S/C15H11N3O6/c1-23-8-2-4-10(12(7-8)18(21)22)13-5-3-9(24-13)6-11-14(19)17-15(20)16-11/h2-7H,1H3,(H2,16,17,19,20). The number of nitro groups is 1. The number of nitrogens with zero attached hydrogens (tertiary/aromatic N) is 1. The largest absolute Gasteiger partial charge is 0.497 e. The maximum atomic E-state index is 11.5. The summed E-state index contributed by atoms with van der Waals surface area (Å²) < 4.78 is 10.5. The number of imide groups is 1. The van der Waals surface area contributed by atoms with Crippen molar-refractivity contribution >= 4 is 23.7 Å². The lowest BCUT2D eigenvalue weighted by Gasteiger charge is -2.03. The summed E-state index contributed by atoms with van der Waals surface area (Å²) in [6, 6.07) is 6.83. The number of nitro benzene ring substituents is 1. The van der Waals surface area contributed by atoms with Crippen LogP contribution in [0.2, 0.25) is 0 Å². The number of ether oxygens (including phenoxy) is 1. The molecule has 1 saturated heterocycles. The molecule has 2 aromatic rings. The number of rotatable bonds is 4. The highest BCUT2D eigenvalue weighted by Crippen LogP contribution is 2.34. The van der Waals surface area contributed by atoms with Crippen LogP contribution in [0.5, 0.6) is 5.75 Å². The van der Waals surface area contributed by atoms with Crippen LogP contribution < -0.4 is 15.4 Å². The van der Waals surface area contributed by atoms with E-state index in [1.807, 2.05) is 0 Å². The average Bonchev–Trinajstić information content (AvgIpc) is 3.13. The van der Waals surface area contributed by atoms with E-state index in [0.29, 0.717) is 5.75 Å². The summed E-state index contributed by atoms with van der Waals surface area (Å²) in [5.41, 5.74) is 0.130. The van der Waals surface area contributed by atoms with Gasteiger partial charge in [-0.25, -0.2) is 4.79 Å². The molecule has 1 aliphatic heterocycles. The zero-order chi connectivity index (χ0) is 17.3. The minimum atomic E-state index is -0.621. The van der Waals surface area contributed by atoms with Crippen molar-refractivity contribution in [2.45, 2.75) is 0 Å². The summed E-state index contributed by atoms with van der Waals surface area (Å²) in [5, 5.41) is 15.6. The molecule has 2 heterocycles. The van der Waals surface area contributed by atoms with Crippen LogP contribution in [0.15, 0.2) is 40.4 Å². The first-order valence-corrected chi connectivity index (χ1v) is 6.74. The summed E-state index contributed by atoms with van der Waals surface area (Å²) in [5.74, 6) is 0.293. The number of carbonyl (C=O) groups excluding carboxylic acids is 2. The Balaban J connectivity index is 1.97. The smallest absolute Gasteiger partial charge is 0.326 e. The SMILES string of the molecule is COc1ccc(-c2ccc(C=C3NC(=O)NC3=O)o2)c([N+](=O)[O-])c1. The van der Waals surface area contributed by atoms with Crippen molar-refractivity contribution in [3.63, 3.8) is 0 Å². The van der Waals surface area contributed by atoms with E-state index in [-0.39, 0.29) is 28.5 Å². The van der Waals surface area contributed by atoms with Gasteiger partial charge in [0.15, 0.2) is 0 Å². The second kappa shape index (κ2) is 5.88. The second-order valence-electron chi connectivity index (χ2n) is 4.81. The highest BCUT2D eigenvalue weighted by Gasteiger charge is 2.24. The van der Waals surface area contributed by atoms with Crippen molar-refractivity contribution in [3.8, 4) is 17.1 Å². The van der Waals surface area contributed by atoms with Gasteiger partial charge in [0.25, 0.3) is 11.6 Å². The molecule has 3 amide bonds. The highest BCUT2D eigenvalue weighted by atomic mass is 16.6. The van der Waals surface area contributed by atoms with E-state index in [4.69, 9.17) is 9.15 Å². The molecule has 9 heteroatoms. The lowest BCUT2D eigenvalue weighted by atomic mass is 10.1. The van der Waals surface area contributed by atoms with E-state index < -0.39 is 16.9 Å². The van der Waals surface area contributed by atoms with Crippen LogP contribution in [0.3, 0.4) is 0 Å². The van der Waals surface area contributed by atoms with E-state index in [1.54, 1.807) is 6.07 Å². The third kappa shape index (κ3) is 2.82. The predicted octanol–water partition coefficient (Wildman–Crippen LogP) is 2.04. The van der Waals surface area contributed by atoms with Gasteiger partial charge >= 0.3 is 6.03 Å². The third-order valence-corrected chi connectivity index (χ3v) is 3.30. The molecule has 2 N–H and O–H groups in total. The van der Waals surface area contributed by atoms with Gasteiger partial charge in [-0.3, -0.25) is 20.2 Å². The van der Waals surface area contributed by atoms with E-state index in [1.165, 1.54) is 37.5 Å². The number of hydrogen-bond donors (Lipinski definition) is 2. The molecule has 0 saturated carbocycles. The van der Waals surface area contributed by atoms with E-state index in [0.717, 1.165) is 0 Å². The van der Waals surface area contributed by atoms with Crippen LogP contribution in [0, 0.1) is 10.1 Å². The van der Waals surface area contributed by atoms with Gasteiger partial charge in [0, 0.05) is 6.08 Å². The summed E-state index contributed by atoms with van der Waals surface area (Å²) in [6.45, 7) is 0. The van der Waals surface area contributed by atoms with Crippen LogP contribution in [0.1, 0.15) is 5.76 Å². The Bertz CT molecular complexity index is 883. The van der Waals surface area contributed by atoms with Crippen molar-refractivity contribution in [1.82, 2.24) is 10.6 Å². The van der Waals surface area contributed by atoms with Gasteiger partial charge in [0.05, 0.1) is 23.7 Å². The molecule has 24 heavy (non-hydrogen) atoms. The van der Waals surface area contributed by atoms with Crippen molar-refractivity contribution in [2.24, 2.45) is 0 Å². The zero-order valence-corrected chi connectivity index (χ0v) is 12.4. The Hall–Kier alpha value is -3.62. The van der Waals surface area contributed by atoms with Crippen molar-refractivity contribution < 1.29 is 23.7 Å². The molecular weight excluding hydrogens is 318 g/mol. The fourth-order valence-corrected chi connectivity index (χ4v) is 2.20. The van der Waals surface area contributed by atoms with Crippen LogP contribution in [0.4, 0.5) is 10.5 Å². The summed E-state index contributed by atoms with van der Waals surface area (Å²) in [6.07, 6.45) is 1.33. The monoisotopic (exact) mass is 329 g/mol. The number of urea groups is 1. The molecular formula is C15H11N3O6. The van der Waals surface area contributed by atoms with Gasteiger partial charge in [-0.2, -0.15) is 0 Å². The molecule has 0 radical (unpaired) electrons. The van der Waals surface area contributed by atoms with E-state index in [2.05, 4.69) is 10.6 Å². The molecule has 9 nitrogen and oxygen atoms in total. The maximum absolute atomic E-state index is 11.5. The maximum Gasteiger partial charge on any atom is 0.326 e. The first kappa shape index (κ1) is 15.3. The van der Waals surface area contributed by atoms with Crippen LogP contribution in [0.25, 0.3) is 17.4 Å². The van der Waals surface area contributed by atoms with Gasteiger partial charge in [0.1, 0.15) is 23.0 Å². The topological polar surface area (TPSA) is 124 Å². The zero-order valence-electron chi connectivity index (χ0n) is 12.4. The van der Waals surface area contributed by atoms with Crippen LogP contribution in [-0.4, -0.2) is 24.0 Å². The Kier molecular flexibility index (Phi) is 3.74. The second-order valence-corrected chi connectivity index (χ2v) is 4.81. The molecule has 3 rings (SSSR count). The Labute approximate surface area is 135 Å².